The predicted molar refractivity (Wildman–Crippen MR) is 106 cm³/mol. The Hall–Kier alpha value is -2.58. The van der Waals surface area contributed by atoms with Crippen LogP contribution in [0.2, 0.25) is 0 Å². The minimum atomic E-state index is -4.15. The molecule has 3 atom stereocenters. The Kier molecular flexibility index (Phi) is 6.67. The van der Waals surface area contributed by atoms with Crippen molar-refractivity contribution in [3.63, 3.8) is 0 Å². The Morgan fingerprint density at radius 2 is 2.20 bits per heavy atom. The van der Waals surface area contributed by atoms with E-state index < -0.39 is 33.9 Å². The molecule has 2 saturated heterocycles. The van der Waals surface area contributed by atoms with Gasteiger partial charge in [-0.3, -0.25) is 9.45 Å². The molecule has 164 valence electrons. The molecular formula is C19H24FN3O6S. The van der Waals surface area contributed by atoms with Crippen LogP contribution in [-0.2, 0) is 19.6 Å². The van der Waals surface area contributed by atoms with Gasteiger partial charge in [0.1, 0.15) is 18.0 Å². The average molecular weight is 441 g/mol. The number of cyclic esters (lactones) is 1. The topological polar surface area (TPSA) is 120 Å². The van der Waals surface area contributed by atoms with Crippen LogP contribution in [0.4, 0.5) is 20.6 Å². The van der Waals surface area contributed by atoms with Crippen LogP contribution >= 0.6 is 0 Å². The van der Waals surface area contributed by atoms with Gasteiger partial charge in [-0.25, -0.2) is 9.18 Å². The van der Waals surface area contributed by atoms with Crippen molar-refractivity contribution in [3.8, 4) is 6.26 Å². The zero-order valence-electron chi connectivity index (χ0n) is 16.5. The highest BCUT2D eigenvalue weighted by atomic mass is 32.2. The van der Waals surface area contributed by atoms with E-state index in [2.05, 4.69) is 0 Å². The van der Waals surface area contributed by atoms with E-state index in [0.29, 0.717) is 30.8 Å². The number of anilines is 2. The molecule has 3 unspecified atom stereocenters. The molecule has 1 N–H and O–H groups in total. The van der Waals surface area contributed by atoms with Gasteiger partial charge in [-0.1, -0.05) is 6.92 Å². The fraction of sp³-hybridized carbons (Fsp3) is 0.579. The monoisotopic (exact) mass is 441 g/mol. The smallest absolute Gasteiger partial charge is 0.414 e. The van der Waals surface area contributed by atoms with Crippen molar-refractivity contribution in [1.29, 1.82) is 5.26 Å². The molecule has 1 amide bonds. The fourth-order valence-electron chi connectivity index (χ4n) is 3.96. The van der Waals surface area contributed by atoms with E-state index in [4.69, 9.17) is 19.3 Å². The second kappa shape index (κ2) is 9.06. The molecule has 2 aliphatic heterocycles. The third-order valence-electron chi connectivity index (χ3n) is 5.48. The minimum Gasteiger partial charge on any atom is -0.444 e. The van der Waals surface area contributed by atoms with Crippen LogP contribution in [0.5, 0.6) is 0 Å². The summed E-state index contributed by atoms with van der Waals surface area (Å²) in [5.41, 5.74) is 0.725. The average Bonchev–Trinajstić information content (AvgIpc) is 3.07. The summed E-state index contributed by atoms with van der Waals surface area (Å²) in [6.45, 7) is 2.61. The van der Waals surface area contributed by atoms with Gasteiger partial charge in [0.15, 0.2) is 0 Å². The van der Waals surface area contributed by atoms with Crippen molar-refractivity contribution in [1.82, 2.24) is 0 Å². The Balaban J connectivity index is 1.71. The van der Waals surface area contributed by atoms with Crippen LogP contribution in [0.1, 0.15) is 32.6 Å². The molecule has 2 aliphatic rings. The third-order valence-corrected chi connectivity index (χ3v) is 6.23. The maximum atomic E-state index is 15.0. The van der Waals surface area contributed by atoms with Gasteiger partial charge < -0.3 is 14.4 Å². The number of carbonyl (C=O) groups excluding carboxylic acids is 1. The van der Waals surface area contributed by atoms with Gasteiger partial charge >= 0.3 is 6.09 Å². The van der Waals surface area contributed by atoms with Crippen LogP contribution in [0.3, 0.4) is 0 Å². The van der Waals surface area contributed by atoms with Crippen LogP contribution in [0.15, 0.2) is 18.2 Å². The largest absolute Gasteiger partial charge is 0.444 e. The number of rotatable bonds is 7. The highest BCUT2D eigenvalue weighted by molar-refractivity contribution is 7.85. The molecule has 0 bridgehead atoms. The second-order valence-electron chi connectivity index (χ2n) is 7.44. The molecule has 3 rings (SSSR count). The number of hydrogen-bond acceptors (Lipinski definition) is 7. The van der Waals surface area contributed by atoms with Gasteiger partial charge in [0.05, 0.1) is 23.7 Å². The molecule has 2 heterocycles. The molecule has 0 aromatic heterocycles. The molecule has 0 saturated carbocycles. The van der Waals surface area contributed by atoms with Crippen molar-refractivity contribution >= 4 is 27.6 Å². The Morgan fingerprint density at radius 3 is 2.83 bits per heavy atom. The summed E-state index contributed by atoms with van der Waals surface area (Å²) in [5.74, 6) is -1.00. The number of halogens is 1. The molecule has 30 heavy (non-hydrogen) atoms. The molecule has 1 aromatic rings. The van der Waals surface area contributed by atoms with Crippen LogP contribution < -0.4 is 9.80 Å². The zero-order chi connectivity index (χ0) is 21.9. The fourth-order valence-corrected chi connectivity index (χ4v) is 4.52. The summed E-state index contributed by atoms with van der Waals surface area (Å²) in [4.78, 5) is 15.3. The van der Waals surface area contributed by atoms with E-state index in [9.17, 15) is 17.6 Å². The molecule has 0 aliphatic carbocycles. The first kappa shape index (κ1) is 22.1. The van der Waals surface area contributed by atoms with E-state index in [1.807, 2.05) is 11.8 Å². The van der Waals surface area contributed by atoms with Gasteiger partial charge in [0, 0.05) is 31.8 Å². The third kappa shape index (κ3) is 5.12. The van der Waals surface area contributed by atoms with Gasteiger partial charge in [0.2, 0.25) is 0 Å². The standard InChI is InChI=1S/C19H24FN3O6S/c1-2-13-9-15(28-12-21)5-7-22(13)18-4-3-14(10-17(18)20)23-11-16(29-19(23)24)6-8-30(25,26)27/h3-4,10,13,15-16H,2,5-9,11H2,1H3,(H,25,26,27). The molecular weight excluding hydrogens is 417 g/mol. The van der Waals surface area contributed by atoms with E-state index in [-0.39, 0.29) is 25.1 Å². The summed E-state index contributed by atoms with van der Waals surface area (Å²) in [6, 6.07) is 4.51. The normalized spacial score (nSPS) is 24.5. The van der Waals surface area contributed by atoms with E-state index >= 15 is 0 Å². The highest BCUT2D eigenvalue weighted by Crippen LogP contribution is 2.33. The second-order valence-corrected chi connectivity index (χ2v) is 9.01. The molecule has 2 fully saturated rings. The number of piperidine rings is 1. The lowest BCUT2D eigenvalue weighted by molar-refractivity contribution is 0.117. The van der Waals surface area contributed by atoms with E-state index in [1.165, 1.54) is 11.0 Å². The Bertz CT molecular complexity index is 935. The first-order valence-corrected chi connectivity index (χ1v) is 11.4. The summed E-state index contributed by atoms with van der Waals surface area (Å²) in [5, 5.41) is 8.72. The molecule has 9 nitrogen and oxygen atoms in total. The molecule has 11 heteroatoms. The van der Waals surface area contributed by atoms with Crippen LogP contribution in [0.25, 0.3) is 0 Å². The summed E-state index contributed by atoms with van der Waals surface area (Å²) < 4.78 is 55.7. The zero-order valence-corrected chi connectivity index (χ0v) is 17.3. The number of amides is 1. The Morgan fingerprint density at radius 1 is 1.43 bits per heavy atom. The predicted octanol–water partition coefficient (Wildman–Crippen LogP) is 2.67. The summed E-state index contributed by atoms with van der Waals surface area (Å²) >= 11 is 0. The number of carbonyl (C=O) groups is 1. The van der Waals surface area contributed by atoms with Gasteiger partial charge in [0.25, 0.3) is 16.4 Å². The number of ether oxygens (including phenoxy) is 2. The van der Waals surface area contributed by atoms with Crippen LogP contribution in [0, 0.1) is 17.3 Å². The highest BCUT2D eigenvalue weighted by Gasteiger charge is 2.34. The van der Waals surface area contributed by atoms with Crippen LogP contribution in [-0.4, -0.2) is 56.2 Å². The van der Waals surface area contributed by atoms with Crippen molar-refractivity contribution < 1.29 is 31.6 Å². The van der Waals surface area contributed by atoms with E-state index in [1.54, 1.807) is 18.4 Å². The number of benzene rings is 1. The number of nitriles is 1. The molecule has 1 aromatic carbocycles. The first-order chi connectivity index (χ1) is 14.2. The van der Waals surface area contributed by atoms with Gasteiger partial charge in [-0.2, -0.15) is 13.7 Å². The SMILES string of the molecule is CCC1CC(OC#N)CCN1c1ccc(N2CC(CCS(=O)(=O)O)OC2=O)cc1F. The van der Waals surface area contributed by atoms with E-state index in [0.717, 1.165) is 6.42 Å². The van der Waals surface area contributed by atoms with Gasteiger partial charge in [-0.05, 0) is 24.6 Å². The summed E-state index contributed by atoms with van der Waals surface area (Å²) in [7, 11) is -4.15. The number of nitrogens with zero attached hydrogens (tertiary/aromatic N) is 3. The first-order valence-electron chi connectivity index (χ1n) is 9.76. The van der Waals surface area contributed by atoms with Crippen molar-refractivity contribution in [2.45, 2.75) is 50.9 Å². The maximum Gasteiger partial charge on any atom is 0.414 e. The summed E-state index contributed by atoms with van der Waals surface area (Å²) in [6.07, 6.45) is 2.12. The lowest BCUT2D eigenvalue weighted by Crippen LogP contribution is -2.45. The van der Waals surface area contributed by atoms with Crippen molar-refractivity contribution in [3.05, 3.63) is 24.0 Å². The Labute approximate surface area is 174 Å². The minimum absolute atomic E-state index is 0.0269. The lowest BCUT2D eigenvalue weighted by atomic mass is 9.96. The van der Waals surface area contributed by atoms with Crippen molar-refractivity contribution in [2.24, 2.45) is 0 Å². The molecule has 0 spiro atoms. The van der Waals surface area contributed by atoms with Crippen molar-refractivity contribution in [2.75, 3.05) is 28.6 Å². The maximum absolute atomic E-state index is 15.0. The van der Waals surface area contributed by atoms with Gasteiger partial charge in [-0.15, -0.1) is 0 Å². The lowest BCUT2D eigenvalue weighted by Gasteiger charge is -2.39. The number of hydrogen-bond donors (Lipinski definition) is 1. The quantitative estimate of drug-likeness (QED) is 0.506. The molecule has 0 radical (unpaired) electrons.